The maximum Gasteiger partial charge on any atom is 0.337 e. The van der Waals surface area contributed by atoms with Gasteiger partial charge in [-0.3, -0.25) is 0 Å². The molecule has 0 atom stereocenters. The molecule has 0 aliphatic rings. The smallest absolute Gasteiger partial charge is 0.337 e. The largest absolute Gasteiger partial charge is 0.478 e. The molecule has 1 heterocycles. The first-order chi connectivity index (χ1) is 14.1. The molecule has 1 aromatic heterocycles. The van der Waals surface area contributed by atoms with Gasteiger partial charge in [0.25, 0.3) is 0 Å². The van der Waals surface area contributed by atoms with E-state index in [1.807, 2.05) is 55.4 Å². The van der Waals surface area contributed by atoms with E-state index in [2.05, 4.69) is 26.1 Å². The van der Waals surface area contributed by atoms with Crippen LogP contribution in [0.4, 0.5) is 17.2 Å². The zero-order chi connectivity index (χ0) is 22.1. The predicted octanol–water partition coefficient (Wildman–Crippen LogP) is 4.14. The van der Waals surface area contributed by atoms with Crippen LogP contribution in [-0.2, 0) is 12.0 Å². The molecule has 0 fully saturated rings. The summed E-state index contributed by atoms with van der Waals surface area (Å²) in [5, 5.41) is 17.8. The molecule has 0 spiro atoms. The normalized spacial score (nSPS) is 11.4. The van der Waals surface area contributed by atoms with Crippen molar-refractivity contribution in [1.29, 1.82) is 0 Å². The average molecular weight is 408 g/mol. The molecule has 0 bridgehead atoms. The lowest BCUT2D eigenvalue weighted by atomic mass is 9.92. The molecular formula is C23H29N5O2. The van der Waals surface area contributed by atoms with Gasteiger partial charge in [-0.05, 0) is 29.8 Å². The van der Waals surface area contributed by atoms with Crippen LogP contribution in [0.5, 0.6) is 0 Å². The highest BCUT2D eigenvalue weighted by molar-refractivity contribution is 5.96. The number of nitrogens with two attached hydrogens (primary N) is 1. The molecule has 0 saturated carbocycles. The Kier molecular flexibility index (Phi) is 5.85. The van der Waals surface area contributed by atoms with Gasteiger partial charge in [0.15, 0.2) is 0 Å². The summed E-state index contributed by atoms with van der Waals surface area (Å²) in [5.74, 6) is -0.313. The third-order valence-corrected chi connectivity index (χ3v) is 4.93. The number of carbonyl (C=O) groups is 1. The lowest BCUT2D eigenvalue weighted by Gasteiger charge is -2.17. The Balaban J connectivity index is 2.18. The van der Waals surface area contributed by atoms with Gasteiger partial charge in [0.05, 0.1) is 22.6 Å². The molecule has 3 aromatic rings. The van der Waals surface area contributed by atoms with Gasteiger partial charge in [-0.25, -0.2) is 9.48 Å². The fraction of sp³-hybridized carbons (Fsp3) is 0.304. The second-order valence-electron chi connectivity index (χ2n) is 8.46. The topological polar surface area (TPSA) is 96.4 Å². The van der Waals surface area contributed by atoms with Crippen LogP contribution < -0.4 is 16.0 Å². The summed E-state index contributed by atoms with van der Waals surface area (Å²) >= 11 is 0. The number of anilines is 3. The van der Waals surface area contributed by atoms with Crippen LogP contribution >= 0.6 is 0 Å². The van der Waals surface area contributed by atoms with Crippen LogP contribution in [0, 0.1) is 0 Å². The lowest BCUT2D eigenvalue weighted by Crippen LogP contribution is -2.14. The first-order valence-corrected chi connectivity index (χ1v) is 9.82. The van der Waals surface area contributed by atoms with E-state index >= 15 is 0 Å². The SMILES string of the molecule is CN(C)c1ccc(C(=O)O)c(Nc2cc(C(C)(C)C)nn2-c2ccccc2CN)c1. The number of carboxylic acids is 1. The monoisotopic (exact) mass is 407 g/mol. The number of nitrogens with zero attached hydrogens (tertiary/aromatic N) is 3. The molecule has 0 radical (unpaired) electrons. The highest BCUT2D eigenvalue weighted by atomic mass is 16.4. The average Bonchev–Trinajstić information content (AvgIpc) is 3.11. The van der Waals surface area contributed by atoms with Gasteiger partial charge in [0, 0.05) is 37.8 Å². The van der Waals surface area contributed by atoms with Crippen LogP contribution in [-0.4, -0.2) is 35.0 Å². The molecule has 3 rings (SSSR count). The summed E-state index contributed by atoms with van der Waals surface area (Å²) in [6.07, 6.45) is 0. The quantitative estimate of drug-likeness (QED) is 0.568. The van der Waals surface area contributed by atoms with Crippen LogP contribution in [0.1, 0.15) is 42.4 Å². The zero-order valence-corrected chi connectivity index (χ0v) is 18.1. The number of nitrogens with one attached hydrogen (secondary N) is 1. The van der Waals surface area contributed by atoms with Crippen molar-refractivity contribution < 1.29 is 9.90 Å². The van der Waals surface area contributed by atoms with Crippen molar-refractivity contribution in [3.8, 4) is 5.69 Å². The molecule has 0 unspecified atom stereocenters. The maximum absolute atomic E-state index is 11.8. The van der Waals surface area contributed by atoms with E-state index < -0.39 is 5.97 Å². The molecule has 7 heteroatoms. The van der Waals surface area contributed by atoms with Crippen molar-refractivity contribution in [2.75, 3.05) is 24.3 Å². The minimum atomic E-state index is -0.993. The molecule has 30 heavy (non-hydrogen) atoms. The second-order valence-corrected chi connectivity index (χ2v) is 8.46. The van der Waals surface area contributed by atoms with Crippen molar-refractivity contribution >= 4 is 23.2 Å². The van der Waals surface area contributed by atoms with E-state index in [9.17, 15) is 9.90 Å². The third kappa shape index (κ3) is 4.31. The van der Waals surface area contributed by atoms with E-state index in [1.54, 1.807) is 16.8 Å². The van der Waals surface area contributed by atoms with Gasteiger partial charge >= 0.3 is 5.97 Å². The molecule has 0 amide bonds. The highest BCUT2D eigenvalue weighted by Gasteiger charge is 2.22. The Morgan fingerprint density at radius 1 is 1.17 bits per heavy atom. The first-order valence-electron chi connectivity index (χ1n) is 9.82. The van der Waals surface area contributed by atoms with Crippen LogP contribution in [0.15, 0.2) is 48.5 Å². The summed E-state index contributed by atoms with van der Waals surface area (Å²) in [5.41, 5.74) is 10.1. The Labute approximate surface area is 177 Å². The molecule has 4 N–H and O–H groups in total. The van der Waals surface area contributed by atoms with Gasteiger partial charge < -0.3 is 21.1 Å². The first kappa shape index (κ1) is 21.4. The van der Waals surface area contributed by atoms with Crippen molar-refractivity contribution in [1.82, 2.24) is 9.78 Å². The van der Waals surface area contributed by atoms with Crippen LogP contribution in [0.3, 0.4) is 0 Å². The standard InChI is InChI=1S/C23H29N5O2/c1-23(2,3)20-13-21(28(26-20)19-9-7-6-8-15(19)14-24)25-18-12-16(27(4)5)10-11-17(18)22(29)30/h6-13,25H,14,24H2,1-5H3,(H,29,30). The minimum Gasteiger partial charge on any atom is -0.478 e. The number of aromatic carboxylic acids is 1. The van der Waals surface area contributed by atoms with Crippen LogP contribution in [0.25, 0.3) is 5.69 Å². The van der Waals surface area contributed by atoms with Gasteiger partial charge in [0.2, 0.25) is 0 Å². The highest BCUT2D eigenvalue weighted by Crippen LogP contribution is 2.31. The van der Waals surface area contributed by atoms with Crippen molar-refractivity contribution in [3.05, 3.63) is 65.4 Å². The van der Waals surface area contributed by atoms with E-state index in [0.717, 1.165) is 22.6 Å². The lowest BCUT2D eigenvalue weighted by molar-refractivity contribution is 0.0698. The molecule has 0 aliphatic carbocycles. The Bertz CT molecular complexity index is 1060. The number of hydrogen-bond donors (Lipinski definition) is 3. The maximum atomic E-state index is 11.8. The fourth-order valence-corrected chi connectivity index (χ4v) is 3.15. The number of hydrogen-bond acceptors (Lipinski definition) is 5. The summed E-state index contributed by atoms with van der Waals surface area (Å²) in [6.45, 7) is 6.64. The third-order valence-electron chi connectivity index (χ3n) is 4.93. The van der Waals surface area contributed by atoms with E-state index in [-0.39, 0.29) is 11.0 Å². The summed E-state index contributed by atoms with van der Waals surface area (Å²) in [7, 11) is 3.83. The minimum absolute atomic E-state index is 0.180. The number of carboxylic acid groups (broad SMARTS) is 1. The van der Waals surface area contributed by atoms with E-state index in [0.29, 0.717) is 18.1 Å². The molecule has 158 valence electrons. The Morgan fingerprint density at radius 2 is 1.87 bits per heavy atom. The van der Waals surface area contributed by atoms with Crippen molar-refractivity contribution in [2.45, 2.75) is 32.7 Å². The van der Waals surface area contributed by atoms with E-state index in [4.69, 9.17) is 10.8 Å². The predicted molar refractivity (Wildman–Crippen MR) is 121 cm³/mol. The van der Waals surface area contributed by atoms with Gasteiger partial charge in [-0.2, -0.15) is 5.10 Å². The van der Waals surface area contributed by atoms with Gasteiger partial charge in [-0.15, -0.1) is 0 Å². The second kappa shape index (κ2) is 8.20. The summed E-state index contributed by atoms with van der Waals surface area (Å²) < 4.78 is 1.80. The number of benzene rings is 2. The number of rotatable bonds is 6. The zero-order valence-electron chi connectivity index (χ0n) is 18.1. The molecule has 2 aromatic carbocycles. The summed E-state index contributed by atoms with van der Waals surface area (Å²) in [6, 6.07) is 15.0. The summed E-state index contributed by atoms with van der Waals surface area (Å²) in [4.78, 5) is 13.7. The fourth-order valence-electron chi connectivity index (χ4n) is 3.15. The van der Waals surface area contributed by atoms with Gasteiger partial charge in [0.1, 0.15) is 5.82 Å². The molecule has 0 aliphatic heterocycles. The molecule has 0 saturated heterocycles. The molecular weight excluding hydrogens is 378 g/mol. The van der Waals surface area contributed by atoms with Crippen molar-refractivity contribution in [2.24, 2.45) is 5.73 Å². The van der Waals surface area contributed by atoms with Crippen molar-refractivity contribution in [3.63, 3.8) is 0 Å². The Hall–Kier alpha value is -3.32. The van der Waals surface area contributed by atoms with E-state index in [1.165, 1.54) is 0 Å². The number of para-hydroxylation sites is 1. The van der Waals surface area contributed by atoms with Gasteiger partial charge in [-0.1, -0.05) is 39.0 Å². The van der Waals surface area contributed by atoms with Crippen LogP contribution in [0.2, 0.25) is 0 Å². The number of aromatic nitrogens is 2. The molecule has 7 nitrogen and oxygen atoms in total. The Morgan fingerprint density at radius 3 is 2.47 bits per heavy atom.